The summed E-state index contributed by atoms with van der Waals surface area (Å²) in [4.78, 5) is 25.9. The van der Waals surface area contributed by atoms with Gasteiger partial charge in [-0.2, -0.15) is 0 Å². The fourth-order valence-electron chi connectivity index (χ4n) is 9.23. The van der Waals surface area contributed by atoms with Crippen LogP contribution in [0.3, 0.4) is 0 Å². The lowest BCUT2D eigenvalue weighted by Crippen LogP contribution is -2.57. The second-order valence-electron chi connectivity index (χ2n) is 9.13. The smallest absolute Gasteiger partial charge is 0.327 e. The predicted molar refractivity (Wildman–Crippen MR) is 68.2 cm³/mol. The normalized spacial score (nSPS) is 67.1. The molecule has 1 spiro atoms. The van der Waals surface area contributed by atoms with Gasteiger partial charge in [0.05, 0.1) is 0 Å². The summed E-state index contributed by atoms with van der Waals surface area (Å²) in [7, 11) is 0. The summed E-state index contributed by atoms with van der Waals surface area (Å²) in [6.07, 6.45) is 1.39. The topological polar surface area (TPSA) is 52.6 Å². The van der Waals surface area contributed by atoms with Crippen LogP contribution in [0.2, 0.25) is 0 Å². The molecule has 0 N–H and O–H groups in total. The summed E-state index contributed by atoms with van der Waals surface area (Å²) in [5, 5.41) is 0. The van der Waals surface area contributed by atoms with Crippen LogP contribution in [-0.2, 0) is 19.1 Å². The molecule has 8 rings (SSSR count). The highest BCUT2D eigenvalue weighted by Gasteiger charge is 2.96. The van der Waals surface area contributed by atoms with Crippen molar-refractivity contribution < 1.29 is 19.1 Å². The molecule has 0 aromatic carbocycles. The molecule has 1 heterocycles. The highest BCUT2D eigenvalue weighted by Crippen LogP contribution is 2.94. The van der Waals surface area contributed by atoms with Crippen molar-refractivity contribution in [3.05, 3.63) is 0 Å². The van der Waals surface area contributed by atoms with E-state index < -0.39 is 11.2 Å². The first-order valence-electron chi connectivity index (χ1n) is 8.45. The maximum absolute atomic E-state index is 13.0. The molecular weight excluding hydrogens is 268 g/mol. The van der Waals surface area contributed by atoms with E-state index in [1.807, 2.05) is 0 Å². The molecule has 0 radical (unpaired) electrons. The van der Waals surface area contributed by atoms with Crippen molar-refractivity contribution in [3.63, 3.8) is 0 Å². The molecule has 4 nitrogen and oxygen atoms in total. The molecule has 7 saturated carbocycles. The second kappa shape index (κ2) is 2.44. The second-order valence-corrected chi connectivity index (χ2v) is 9.13. The lowest BCUT2D eigenvalue weighted by Gasteiger charge is -2.44. The molecule has 10 atom stereocenters. The molecule has 4 heteroatoms. The molecule has 1 aliphatic heterocycles. The highest BCUT2D eigenvalue weighted by molar-refractivity contribution is 6.04. The zero-order valence-corrected chi connectivity index (χ0v) is 12.1. The van der Waals surface area contributed by atoms with E-state index >= 15 is 0 Å². The molecule has 0 aromatic rings. The molecular formula is C17H18O4. The van der Waals surface area contributed by atoms with Crippen LogP contribution in [0.25, 0.3) is 0 Å². The first-order chi connectivity index (χ1) is 9.98. The maximum atomic E-state index is 13.0. The number of hydrogen-bond acceptors (Lipinski definition) is 4. The minimum atomic E-state index is -1.09. The lowest BCUT2D eigenvalue weighted by molar-refractivity contribution is -0.255. The molecule has 7 aliphatic carbocycles. The molecule has 0 unspecified atom stereocenters. The molecule has 0 amide bonds. The molecule has 110 valence electrons. The van der Waals surface area contributed by atoms with Gasteiger partial charge in [0.1, 0.15) is 0 Å². The number of carbonyl (C=O) groups is 2. The summed E-state index contributed by atoms with van der Waals surface area (Å²) in [6, 6.07) is 0. The fraction of sp³-hybridized carbons (Fsp3) is 0.882. The summed E-state index contributed by atoms with van der Waals surface area (Å²) < 4.78 is 11.2. The zero-order valence-electron chi connectivity index (χ0n) is 12.1. The van der Waals surface area contributed by atoms with E-state index in [0.29, 0.717) is 23.7 Å². The van der Waals surface area contributed by atoms with Gasteiger partial charge in [-0.25, -0.2) is 0 Å². The van der Waals surface area contributed by atoms with Crippen molar-refractivity contribution >= 4 is 11.9 Å². The van der Waals surface area contributed by atoms with Crippen LogP contribution in [0.4, 0.5) is 0 Å². The molecule has 8 fully saturated rings. The monoisotopic (exact) mass is 286 g/mol. The third-order valence-corrected chi connectivity index (χ3v) is 8.81. The van der Waals surface area contributed by atoms with Gasteiger partial charge in [-0.15, -0.1) is 0 Å². The van der Waals surface area contributed by atoms with E-state index in [4.69, 9.17) is 9.47 Å². The standard InChI is InChI=1S/C17H18O4/c1-16(2)20-14(18)17(15(19)21-16)12-8-4-3-5-7-6(4)10(12)11(7)13(17)9(5)8/h4-13H,3H2,1-2H3/t4-,5+,6-,7+,8-,9-,10+,11+,12+,13-/m1/s1. The van der Waals surface area contributed by atoms with Gasteiger partial charge < -0.3 is 9.47 Å². The van der Waals surface area contributed by atoms with Crippen LogP contribution in [0.1, 0.15) is 20.3 Å². The Balaban J connectivity index is 1.48. The Morgan fingerprint density at radius 1 is 0.810 bits per heavy atom. The van der Waals surface area contributed by atoms with Gasteiger partial charge in [0.15, 0.2) is 5.41 Å². The summed E-state index contributed by atoms with van der Waals surface area (Å²) in [6.45, 7) is 3.33. The molecule has 21 heavy (non-hydrogen) atoms. The first kappa shape index (κ1) is 10.6. The molecule has 1 saturated heterocycles. The van der Waals surface area contributed by atoms with Gasteiger partial charge in [0.2, 0.25) is 0 Å². The predicted octanol–water partition coefficient (Wildman–Crippen LogP) is 1.44. The van der Waals surface area contributed by atoms with E-state index in [1.165, 1.54) is 6.42 Å². The largest absolute Gasteiger partial charge is 0.422 e. The number of carbonyl (C=O) groups excluding carboxylic acids is 2. The number of ether oxygens (including phenoxy) is 2. The van der Waals surface area contributed by atoms with Gasteiger partial charge in [-0.05, 0) is 65.6 Å². The van der Waals surface area contributed by atoms with E-state index in [0.717, 1.165) is 23.7 Å². The van der Waals surface area contributed by atoms with Crippen LogP contribution in [-0.4, -0.2) is 17.7 Å². The fourth-order valence-corrected chi connectivity index (χ4v) is 9.23. The Bertz CT molecular complexity index is 608. The first-order valence-corrected chi connectivity index (χ1v) is 8.45. The average Bonchev–Trinajstić information content (AvgIpc) is 2.95. The quantitative estimate of drug-likeness (QED) is 0.499. The van der Waals surface area contributed by atoms with Crippen molar-refractivity contribution in [2.24, 2.45) is 64.6 Å². The third kappa shape index (κ3) is 0.687. The summed E-state index contributed by atoms with van der Waals surface area (Å²) in [5.41, 5.74) is -0.906. The van der Waals surface area contributed by atoms with Gasteiger partial charge >= 0.3 is 11.9 Å². The number of hydrogen-bond donors (Lipinski definition) is 0. The van der Waals surface area contributed by atoms with Gasteiger partial charge in [0.25, 0.3) is 5.79 Å². The van der Waals surface area contributed by atoms with Crippen molar-refractivity contribution in [3.8, 4) is 0 Å². The summed E-state index contributed by atoms with van der Waals surface area (Å²) >= 11 is 0. The van der Waals surface area contributed by atoms with Crippen molar-refractivity contribution in [1.82, 2.24) is 0 Å². The van der Waals surface area contributed by atoms with E-state index in [2.05, 4.69) is 0 Å². The van der Waals surface area contributed by atoms with Crippen LogP contribution in [0, 0.1) is 64.6 Å². The Labute approximate surface area is 122 Å². The Kier molecular flexibility index (Phi) is 1.24. The van der Waals surface area contributed by atoms with Crippen molar-refractivity contribution in [2.45, 2.75) is 26.1 Å². The minimum absolute atomic E-state index is 0.249. The lowest BCUT2D eigenvalue weighted by atomic mass is 9.60. The Morgan fingerprint density at radius 3 is 1.76 bits per heavy atom. The van der Waals surface area contributed by atoms with Gasteiger partial charge in [0, 0.05) is 13.8 Å². The number of esters is 2. The average molecular weight is 286 g/mol. The van der Waals surface area contributed by atoms with Crippen LogP contribution < -0.4 is 0 Å². The van der Waals surface area contributed by atoms with Crippen LogP contribution in [0.15, 0.2) is 0 Å². The van der Waals surface area contributed by atoms with E-state index in [1.54, 1.807) is 13.8 Å². The van der Waals surface area contributed by atoms with Crippen LogP contribution >= 0.6 is 0 Å². The zero-order chi connectivity index (χ0) is 14.0. The molecule has 4 bridgehead atoms. The summed E-state index contributed by atoms with van der Waals surface area (Å²) in [5.74, 6) is 4.78. The van der Waals surface area contributed by atoms with E-state index in [9.17, 15) is 9.59 Å². The Hall–Kier alpha value is -1.06. The van der Waals surface area contributed by atoms with Crippen molar-refractivity contribution in [1.29, 1.82) is 0 Å². The SMILES string of the molecule is CC1(C)OC(=O)C2(C(=O)O1)[C@@H]1[C@H]3[C@@H]4[C@H]5C[C@H]6[C@@H]4[C@@H]3[C@H]2[C@H]6[C@@H]51. The number of rotatable bonds is 0. The van der Waals surface area contributed by atoms with Crippen LogP contribution in [0.5, 0.6) is 0 Å². The molecule has 0 aromatic heterocycles. The Morgan fingerprint density at radius 2 is 1.29 bits per heavy atom. The van der Waals surface area contributed by atoms with Gasteiger partial charge in [-0.1, -0.05) is 0 Å². The van der Waals surface area contributed by atoms with Crippen molar-refractivity contribution in [2.75, 3.05) is 0 Å². The number of cyclic esters (lactones) is 2. The highest BCUT2D eigenvalue weighted by atomic mass is 16.7. The molecule has 8 aliphatic rings. The van der Waals surface area contributed by atoms with E-state index in [-0.39, 0.29) is 23.8 Å². The maximum Gasteiger partial charge on any atom is 0.327 e. The van der Waals surface area contributed by atoms with Gasteiger partial charge in [-0.3, -0.25) is 9.59 Å². The minimum Gasteiger partial charge on any atom is -0.422 e. The third-order valence-electron chi connectivity index (χ3n) is 8.81.